The molecule has 0 radical (unpaired) electrons. The van der Waals surface area contributed by atoms with Gasteiger partial charge in [0.2, 0.25) is 5.91 Å². The Kier molecular flexibility index (Phi) is 3.42. The second-order valence-electron chi connectivity index (χ2n) is 4.50. The molecule has 2 aliphatic rings. The van der Waals surface area contributed by atoms with Crippen LogP contribution in [-0.4, -0.2) is 46.3 Å². The van der Waals surface area contributed by atoms with E-state index in [-0.39, 0.29) is 29.0 Å². The number of rotatable bonds is 3. The molecular weight excluding hydrogens is 242 g/mol. The molecule has 94 valence electrons. The Bertz CT molecular complexity index is 370. The van der Waals surface area contributed by atoms with E-state index in [1.165, 1.54) is 6.92 Å². The van der Waals surface area contributed by atoms with E-state index in [2.05, 4.69) is 0 Å². The van der Waals surface area contributed by atoms with Gasteiger partial charge in [0.1, 0.15) is 12.1 Å². The van der Waals surface area contributed by atoms with Gasteiger partial charge in [-0.1, -0.05) is 18.7 Å². The Hall–Kier alpha value is -1.04. The number of nitrogens with zero attached hydrogens (tertiary/aromatic N) is 1. The molecule has 6 heteroatoms. The van der Waals surface area contributed by atoms with E-state index in [9.17, 15) is 14.4 Å². The molecule has 1 amide bonds. The van der Waals surface area contributed by atoms with Gasteiger partial charge in [-0.15, -0.1) is 0 Å². The maximum Gasteiger partial charge on any atom is 0.329 e. The standard InChI is InChI=1S/C11H15NO4S/c1-6(5-17-7(2)13)10(14)12-4-8-3-9(12)11(15)16-8/h6,8-9H,3-5H2,1-2H3/t6?,8-,9?/m1/s1. The highest BCUT2D eigenvalue weighted by Gasteiger charge is 2.48. The molecule has 2 rings (SSSR count). The Labute approximate surface area is 104 Å². The molecule has 2 bridgehead atoms. The number of morpholine rings is 1. The van der Waals surface area contributed by atoms with E-state index in [4.69, 9.17) is 4.74 Å². The first-order valence-electron chi connectivity index (χ1n) is 5.63. The van der Waals surface area contributed by atoms with Crippen molar-refractivity contribution in [2.45, 2.75) is 32.4 Å². The molecule has 0 aromatic heterocycles. The number of ether oxygens (including phenoxy) is 1. The van der Waals surface area contributed by atoms with Crippen molar-refractivity contribution < 1.29 is 19.1 Å². The van der Waals surface area contributed by atoms with Crippen molar-refractivity contribution >= 4 is 28.8 Å². The predicted octanol–water partition coefficient (Wildman–Crippen LogP) is 0.429. The number of carbonyl (C=O) groups excluding carboxylic acids is 3. The maximum atomic E-state index is 12.1. The summed E-state index contributed by atoms with van der Waals surface area (Å²) in [5, 5.41) is 0.00648. The molecule has 3 atom stereocenters. The quantitative estimate of drug-likeness (QED) is 0.686. The number of fused-ring (bicyclic) bond motifs is 2. The largest absolute Gasteiger partial charge is 0.459 e. The van der Waals surface area contributed by atoms with Crippen LogP contribution in [0.2, 0.25) is 0 Å². The summed E-state index contributed by atoms with van der Waals surface area (Å²) in [6.07, 6.45) is 0.501. The average molecular weight is 257 g/mol. The van der Waals surface area contributed by atoms with Gasteiger partial charge < -0.3 is 9.64 Å². The van der Waals surface area contributed by atoms with Crippen LogP contribution in [0.1, 0.15) is 20.3 Å². The lowest BCUT2D eigenvalue weighted by Gasteiger charge is -2.28. The summed E-state index contributed by atoms with van der Waals surface area (Å²) < 4.78 is 5.03. The van der Waals surface area contributed by atoms with Gasteiger partial charge in [0.25, 0.3) is 0 Å². The van der Waals surface area contributed by atoms with Crippen LogP contribution in [0.5, 0.6) is 0 Å². The molecule has 2 fully saturated rings. The highest BCUT2D eigenvalue weighted by molar-refractivity contribution is 8.13. The Balaban J connectivity index is 1.92. The van der Waals surface area contributed by atoms with Gasteiger partial charge in [-0.2, -0.15) is 0 Å². The topological polar surface area (TPSA) is 63.7 Å². The first kappa shape index (κ1) is 12.4. The zero-order chi connectivity index (χ0) is 12.6. The highest BCUT2D eigenvalue weighted by atomic mass is 32.2. The molecule has 0 saturated carbocycles. The summed E-state index contributed by atoms with van der Waals surface area (Å²) in [5.41, 5.74) is 0. The number of thioether (sulfide) groups is 1. The molecule has 5 nitrogen and oxygen atoms in total. The molecule has 0 spiro atoms. The minimum absolute atomic E-state index is 0.00648. The molecule has 2 aliphatic heterocycles. The summed E-state index contributed by atoms with van der Waals surface area (Å²) in [7, 11) is 0. The highest BCUT2D eigenvalue weighted by Crippen LogP contribution is 2.30. The SMILES string of the molecule is CC(=O)SCC(C)C(=O)N1C[C@H]2CC1C(=O)O2. The van der Waals surface area contributed by atoms with Crippen molar-refractivity contribution in [1.29, 1.82) is 0 Å². The van der Waals surface area contributed by atoms with E-state index in [1.807, 2.05) is 0 Å². The lowest BCUT2D eigenvalue weighted by molar-refractivity contribution is -0.158. The zero-order valence-corrected chi connectivity index (χ0v) is 10.7. The summed E-state index contributed by atoms with van der Waals surface area (Å²) >= 11 is 1.14. The number of hydrogen-bond donors (Lipinski definition) is 0. The second-order valence-corrected chi connectivity index (χ2v) is 5.70. The molecule has 2 unspecified atom stereocenters. The van der Waals surface area contributed by atoms with Crippen LogP contribution in [0.25, 0.3) is 0 Å². The fraction of sp³-hybridized carbons (Fsp3) is 0.727. The molecule has 0 aromatic carbocycles. The predicted molar refractivity (Wildman–Crippen MR) is 62.3 cm³/mol. The summed E-state index contributed by atoms with van der Waals surface area (Å²) in [4.78, 5) is 35.9. The first-order valence-corrected chi connectivity index (χ1v) is 6.62. The molecular formula is C11H15NO4S. The normalized spacial score (nSPS) is 28.1. The lowest BCUT2D eigenvalue weighted by Crippen LogP contribution is -2.46. The number of hydrogen-bond acceptors (Lipinski definition) is 5. The third-order valence-corrected chi connectivity index (χ3v) is 4.13. The summed E-state index contributed by atoms with van der Waals surface area (Å²) in [6, 6.07) is -0.391. The van der Waals surface area contributed by atoms with Crippen molar-refractivity contribution in [2.75, 3.05) is 12.3 Å². The molecule has 17 heavy (non-hydrogen) atoms. The zero-order valence-electron chi connectivity index (χ0n) is 9.84. The number of esters is 1. The Morgan fingerprint density at radius 2 is 2.29 bits per heavy atom. The van der Waals surface area contributed by atoms with Gasteiger partial charge in [-0.3, -0.25) is 9.59 Å². The third-order valence-electron chi connectivity index (χ3n) is 3.06. The van der Waals surface area contributed by atoms with Gasteiger partial charge in [0.15, 0.2) is 5.12 Å². The number of amides is 1. The van der Waals surface area contributed by atoms with E-state index in [1.54, 1.807) is 11.8 Å². The van der Waals surface area contributed by atoms with E-state index < -0.39 is 6.04 Å². The lowest BCUT2D eigenvalue weighted by atomic mass is 10.1. The van der Waals surface area contributed by atoms with Gasteiger partial charge >= 0.3 is 5.97 Å². The molecule has 2 saturated heterocycles. The van der Waals surface area contributed by atoms with Crippen molar-refractivity contribution in [3.8, 4) is 0 Å². The van der Waals surface area contributed by atoms with Gasteiger partial charge in [-0.25, -0.2) is 4.79 Å². The molecule has 0 aliphatic carbocycles. The van der Waals surface area contributed by atoms with Crippen LogP contribution in [0.3, 0.4) is 0 Å². The van der Waals surface area contributed by atoms with Crippen LogP contribution < -0.4 is 0 Å². The minimum Gasteiger partial charge on any atom is -0.459 e. The summed E-state index contributed by atoms with van der Waals surface area (Å²) in [6.45, 7) is 3.77. The monoisotopic (exact) mass is 257 g/mol. The maximum absolute atomic E-state index is 12.1. The molecule has 0 aromatic rings. The van der Waals surface area contributed by atoms with E-state index in [0.29, 0.717) is 18.7 Å². The fourth-order valence-electron chi connectivity index (χ4n) is 2.19. The van der Waals surface area contributed by atoms with Crippen molar-refractivity contribution in [1.82, 2.24) is 4.90 Å². The third kappa shape index (κ3) is 2.46. The minimum atomic E-state index is -0.391. The van der Waals surface area contributed by atoms with Gasteiger partial charge in [0.05, 0.1) is 6.54 Å². The number of carbonyl (C=O) groups is 3. The van der Waals surface area contributed by atoms with Crippen LogP contribution in [0.4, 0.5) is 0 Å². The Morgan fingerprint density at radius 1 is 1.59 bits per heavy atom. The van der Waals surface area contributed by atoms with Gasteiger partial charge in [0, 0.05) is 25.0 Å². The Morgan fingerprint density at radius 3 is 2.82 bits per heavy atom. The van der Waals surface area contributed by atoms with Crippen LogP contribution in [0, 0.1) is 5.92 Å². The van der Waals surface area contributed by atoms with E-state index >= 15 is 0 Å². The first-order chi connectivity index (χ1) is 7.99. The van der Waals surface area contributed by atoms with Gasteiger partial charge in [-0.05, 0) is 0 Å². The molecule has 2 heterocycles. The van der Waals surface area contributed by atoms with Crippen LogP contribution in [0.15, 0.2) is 0 Å². The van der Waals surface area contributed by atoms with Crippen molar-refractivity contribution in [3.05, 3.63) is 0 Å². The smallest absolute Gasteiger partial charge is 0.329 e. The molecule has 0 N–H and O–H groups in total. The van der Waals surface area contributed by atoms with E-state index in [0.717, 1.165) is 11.8 Å². The van der Waals surface area contributed by atoms with Crippen LogP contribution in [-0.2, 0) is 19.1 Å². The van der Waals surface area contributed by atoms with Crippen LogP contribution >= 0.6 is 11.8 Å². The van der Waals surface area contributed by atoms with Crippen molar-refractivity contribution in [2.24, 2.45) is 5.92 Å². The van der Waals surface area contributed by atoms with Crippen molar-refractivity contribution in [3.63, 3.8) is 0 Å². The second kappa shape index (κ2) is 4.68. The fourth-order valence-corrected chi connectivity index (χ4v) is 2.82. The summed E-state index contributed by atoms with van der Waals surface area (Å²) in [5.74, 6) is -0.114. The average Bonchev–Trinajstić information content (AvgIpc) is 2.83. The number of likely N-dealkylation sites (tertiary alicyclic amines) is 1.